The molecular weight excluding hydrogens is 692 g/mol. The average Bonchev–Trinajstić information content (AvgIpc) is 3.89. The van der Waals surface area contributed by atoms with Crippen LogP contribution in [0.15, 0.2) is 48.5 Å². The Morgan fingerprint density at radius 3 is 1.22 bits per heavy atom. The quantitative estimate of drug-likeness (QED) is 0.212. The van der Waals surface area contributed by atoms with Crippen molar-refractivity contribution in [2.75, 3.05) is 26.8 Å². The van der Waals surface area contributed by atoms with Gasteiger partial charge in [0, 0.05) is 34.3 Å². The molecular formula is C37H53Cl3FN3O5. The number of fused-ring (bicyclic) bond motifs is 3. The molecule has 2 amide bonds. The smallest absolute Gasteiger partial charge is 0.251 e. The van der Waals surface area contributed by atoms with Gasteiger partial charge in [-0.3, -0.25) is 14.0 Å². The van der Waals surface area contributed by atoms with Gasteiger partial charge >= 0.3 is 0 Å². The molecule has 274 valence electrons. The van der Waals surface area contributed by atoms with Gasteiger partial charge in [0.05, 0.1) is 26.8 Å². The Morgan fingerprint density at radius 1 is 0.694 bits per heavy atom. The highest BCUT2D eigenvalue weighted by atomic mass is 35.5. The van der Waals surface area contributed by atoms with Crippen molar-refractivity contribution in [1.82, 2.24) is 10.6 Å². The van der Waals surface area contributed by atoms with E-state index in [1.807, 2.05) is 0 Å². The van der Waals surface area contributed by atoms with Crippen molar-refractivity contribution in [3.63, 3.8) is 0 Å². The maximum absolute atomic E-state index is 11.9. The summed E-state index contributed by atoms with van der Waals surface area (Å²) in [6.07, 6.45) is 5.46. The zero-order chi connectivity index (χ0) is 34.5. The molecule has 0 spiro atoms. The summed E-state index contributed by atoms with van der Waals surface area (Å²) in [6.45, 7) is 2.29. The molecule has 6 fully saturated rings. The summed E-state index contributed by atoms with van der Waals surface area (Å²) in [5.74, 6) is 5.94. The normalized spacial score (nSPS) is 34.8. The van der Waals surface area contributed by atoms with Crippen LogP contribution in [-0.2, 0) is 0 Å². The topological polar surface area (TPSA) is 145 Å². The van der Waals surface area contributed by atoms with Crippen LogP contribution in [0.3, 0.4) is 0 Å². The van der Waals surface area contributed by atoms with Gasteiger partial charge in [0.25, 0.3) is 11.8 Å². The van der Waals surface area contributed by atoms with E-state index < -0.39 is 7.15 Å². The highest BCUT2D eigenvalue weighted by molar-refractivity contribution is 6.31. The monoisotopic (exact) mass is 744 g/mol. The summed E-state index contributed by atoms with van der Waals surface area (Å²) < 4.78 is 15.5. The third-order valence-electron chi connectivity index (χ3n) is 11.3. The average molecular weight is 746 g/mol. The number of nitrogens with two attached hydrogens (primary N) is 1. The largest absolute Gasteiger partial charge is 0.393 e. The Balaban J connectivity index is 0.000000200. The molecule has 12 atom stereocenters. The molecule has 0 saturated heterocycles. The molecule has 6 aliphatic rings. The standard InChI is InChI=1S/2C14H16ClNO2.C7H13NO.CH3F.CH4.ClH/c2*15-9-3-1-8(2-4-9)14(18)16-7-13-11-5-10(17)6-12(11)13;8-3-7-5-1-4(9)2-6(5)7;1-2;;/h2*1-4,10-13,17H,5-7H2,(H,16,18);4-7,9H,1-3,8H2;1H3;1H4;1H/t2*10?,11-,12+,13?;4?,5-,6+,7?;;;/i;;;1D;;. The first-order valence-corrected chi connectivity index (χ1v) is 17.5. The van der Waals surface area contributed by atoms with Gasteiger partial charge in [0.15, 0.2) is 0 Å². The Labute approximate surface area is 307 Å². The number of aliphatic hydroxyl groups is 3. The Kier molecular flexibility index (Phi) is 15.0. The van der Waals surface area contributed by atoms with E-state index in [1.54, 1.807) is 48.5 Å². The van der Waals surface area contributed by atoms with E-state index in [2.05, 4.69) is 10.6 Å². The van der Waals surface area contributed by atoms with Gasteiger partial charge in [-0.2, -0.15) is 0 Å². The van der Waals surface area contributed by atoms with Crippen molar-refractivity contribution in [3.8, 4) is 0 Å². The fourth-order valence-electron chi connectivity index (χ4n) is 8.63. The molecule has 49 heavy (non-hydrogen) atoms. The van der Waals surface area contributed by atoms with Gasteiger partial charge in [-0.1, -0.05) is 30.6 Å². The lowest BCUT2D eigenvalue weighted by Crippen LogP contribution is -2.27. The second-order valence-corrected chi connectivity index (χ2v) is 14.9. The summed E-state index contributed by atoms with van der Waals surface area (Å²) in [5.41, 5.74) is 6.78. The molecule has 0 heterocycles. The zero-order valence-corrected chi connectivity index (χ0v) is 29.2. The summed E-state index contributed by atoms with van der Waals surface area (Å²) in [6, 6.07) is 13.8. The maximum atomic E-state index is 11.9. The van der Waals surface area contributed by atoms with E-state index in [9.17, 15) is 24.2 Å². The molecule has 2 aromatic carbocycles. The number of hydrogen-bond donors (Lipinski definition) is 6. The van der Waals surface area contributed by atoms with Crippen LogP contribution in [-0.4, -0.2) is 72.2 Å². The zero-order valence-electron chi connectivity index (χ0n) is 27.9. The van der Waals surface area contributed by atoms with Gasteiger partial charge in [-0.25, -0.2) is 0 Å². The minimum absolute atomic E-state index is 0. The van der Waals surface area contributed by atoms with Crippen LogP contribution >= 0.6 is 35.6 Å². The van der Waals surface area contributed by atoms with Gasteiger partial charge in [0.1, 0.15) is 0 Å². The SMILES string of the molecule is C.Cl.NCC1[C@H]2CC(O)C[C@@H]12.O=C(NCC1[C@H]2CC(O)C[C@@H]12)c1ccc(Cl)cc1.O=C(NCC1[C@H]2CC(O)C[C@@H]12)c1ccc(Cl)cc1.[2H]CF. The first-order chi connectivity index (χ1) is 23.0. The second-order valence-electron chi connectivity index (χ2n) is 14.0. The molecule has 8 rings (SSSR count). The van der Waals surface area contributed by atoms with Gasteiger partial charge in [-0.15, -0.1) is 12.4 Å². The number of amides is 2. The first kappa shape index (κ1) is 39.8. The molecule has 6 unspecified atom stereocenters. The van der Waals surface area contributed by atoms with Crippen molar-refractivity contribution in [1.29, 1.82) is 0 Å². The number of aliphatic hydroxyl groups excluding tert-OH is 3. The van der Waals surface area contributed by atoms with Crippen LogP contribution in [0.2, 0.25) is 10.0 Å². The summed E-state index contributed by atoms with van der Waals surface area (Å²) in [5, 5.41) is 35.2. The third kappa shape index (κ3) is 10.5. The van der Waals surface area contributed by atoms with E-state index in [-0.39, 0.29) is 50.0 Å². The predicted molar refractivity (Wildman–Crippen MR) is 195 cm³/mol. The molecule has 0 bridgehead atoms. The van der Waals surface area contributed by atoms with Crippen LogP contribution in [0.5, 0.6) is 0 Å². The van der Waals surface area contributed by atoms with Crippen molar-refractivity contribution in [3.05, 3.63) is 69.7 Å². The number of hydrogen-bond acceptors (Lipinski definition) is 6. The molecule has 12 heteroatoms. The van der Waals surface area contributed by atoms with E-state index in [0.29, 0.717) is 56.7 Å². The first-order valence-electron chi connectivity index (χ1n) is 17.4. The molecule has 6 saturated carbocycles. The maximum Gasteiger partial charge on any atom is 0.251 e. The Bertz CT molecular complexity index is 1260. The van der Waals surface area contributed by atoms with Crippen LogP contribution in [0.1, 0.15) is 68.0 Å². The molecule has 0 radical (unpaired) electrons. The number of nitrogens with one attached hydrogen (secondary N) is 2. The van der Waals surface area contributed by atoms with E-state index >= 15 is 0 Å². The molecule has 0 aliphatic heterocycles. The number of alkyl halides is 1. The summed E-state index contributed by atoms with van der Waals surface area (Å²) in [7, 11) is -1.00. The van der Waals surface area contributed by atoms with Crippen molar-refractivity contribution in [2.45, 2.75) is 64.3 Å². The van der Waals surface area contributed by atoms with E-state index in [4.69, 9.17) is 35.4 Å². The molecule has 0 aromatic heterocycles. The highest BCUT2D eigenvalue weighted by Crippen LogP contribution is 2.58. The summed E-state index contributed by atoms with van der Waals surface area (Å²) >= 11 is 11.6. The van der Waals surface area contributed by atoms with Gasteiger partial charge in [0.2, 0.25) is 0 Å². The number of benzene rings is 2. The fraction of sp³-hybridized carbons (Fsp3) is 0.622. The molecule has 6 aliphatic carbocycles. The number of rotatable bonds is 7. The van der Waals surface area contributed by atoms with Crippen molar-refractivity contribution >= 4 is 47.4 Å². The van der Waals surface area contributed by atoms with Crippen LogP contribution in [0.4, 0.5) is 4.39 Å². The van der Waals surface area contributed by atoms with Crippen molar-refractivity contribution < 1.29 is 30.7 Å². The molecule has 7 N–H and O–H groups in total. The Hall–Kier alpha value is -1.98. The van der Waals surface area contributed by atoms with Crippen LogP contribution in [0.25, 0.3) is 0 Å². The van der Waals surface area contributed by atoms with Crippen molar-refractivity contribution in [2.24, 2.45) is 59.0 Å². The molecule has 8 nitrogen and oxygen atoms in total. The number of carbonyl (C=O) groups is 2. The lowest BCUT2D eigenvalue weighted by atomic mass is 10.1. The summed E-state index contributed by atoms with van der Waals surface area (Å²) in [4.78, 5) is 23.7. The van der Waals surface area contributed by atoms with Gasteiger partial charge < -0.3 is 31.7 Å². The van der Waals surface area contributed by atoms with E-state index in [1.165, 1.54) is 0 Å². The van der Waals surface area contributed by atoms with Gasteiger partial charge in [-0.05, 0) is 147 Å². The lowest BCUT2D eigenvalue weighted by molar-refractivity contribution is 0.0939. The second kappa shape index (κ2) is 18.5. The minimum atomic E-state index is -1.00. The predicted octanol–water partition coefficient (Wildman–Crippen LogP) is 5.78. The Morgan fingerprint density at radius 2 is 0.959 bits per heavy atom. The number of halogens is 4. The highest BCUT2D eigenvalue weighted by Gasteiger charge is 2.56. The minimum Gasteiger partial charge on any atom is -0.393 e. The van der Waals surface area contributed by atoms with Crippen LogP contribution in [0, 0.1) is 53.3 Å². The third-order valence-corrected chi connectivity index (χ3v) is 11.8. The lowest BCUT2D eigenvalue weighted by Gasteiger charge is -2.09. The van der Waals surface area contributed by atoms with Crippen LogP contribution < -0.4 is 16.4 Å². The fourth-order valence-corrected chi connectivity index (χ4v) is 8.88. The molecule has 2 aromatic rings. The number of carbonyl (C=O) groups excluding carboxylic acids is 2. The van der Waals surface area contributed by atoms with E-state index in [0.717, 1.165) is 75.9 Å².